The molecule has 5 rings (SSSR count). The fourth-order valence-electron chi connectivity index (χ4n) is 5.96. The third-order valence-electron chi connectivity index (χ3n) is 7.73. The number of aromatic amines is 1. The van der Waals surface area contributed by atoms with E-state index in [1.807, 2.05) is 13.8 Å². The van der Waals surface area contributed by atoms with Gasteiger partial charge in [0.25, 0.3) is 0 Å². The van der Waals surface area contributed by atoms with Gasteiger partial charge in [-0.2, -0.15) is 0 Å². The number of likely N-dealkylation sites (tertiary alicyclic amines) is 1. The smallest absolute Gasteiger partial charge is 0.239 e. The minimum atomic E-state index is -1.49. The molecular weight excluding hydrogens is 454 g/mol. The van der Waals surface area contributed by atoms with Crippen molar-refractivity contribution >= 4 is 16.9 Å². The molecule has 4 N–H and O–H groups in total. The average molecular weight is 485 g/mol. The maximum absolute atomic E-state index is 15.7. The van der Waals surface area contributed by atoms with Gasteiger partial charge < -0.3 is 25.4 Å². The Labute approximate surface area is 202 Å². The van der Waals surface area contributed by atoms with Gasteiger partial charge in [-0.3, -0.25) is 4.79 Å². The van der Waals surface area contributed by atoms with Gasteiger partial charge in [-0.05, 0) is 42.2 Å². The number of nitrogens with zero attached hydrogens (tertiary/aromatic N) is 2. The summed E-state index contributed by atoms with van der Waals surface area (Å²) in [6.45, 7) is 6.31. The van der Waals surface area contributed by atoms with Crippen molar-refractivity contribution in [2.75, 3.05) is 19.6 Å². The summed E-state index contributed by atoms with van der Waals surface area (Å²) < 4.78 is 30.2. The molecule has 4 heterocycles. The molecule has 7 nitrogen and oxygen atoms in total. The molecule has 2 aliphatic heterocycles. The van der Waals surface area contributed by atoms with Crippen LogP contribution in [0.25, 0.3) is 22.2 Å². The lowest BCUT2D eigenvalue weighted by atomic mass is 9.69. The normalized spacial score (nSPS) is 29.2. The standard InChI is InChI=1S/C26H30F2N4O3/c1-13-6-16(18-4-5-29-24-22(18)20(28)10-31-24)7-19(27)23(13)26(35)14(2)11-32(12-15(26)3)25(34)21-8-17(33)9-30-21/h4-7,10,14-15,17,21,30,33,35H,8-9,11-12H2,1-3H3,(H,29,31)/t14-,15+,17-,21-,26-/m0/s1. The van der Waals surface area contributed by atoms with Crippen LogP contribution in [0.1, 0.15) is 31.4 Å². The van der Waals surface area contributed by atoms with Crippen LogP contribution in [0.3, 0.4) is 0 Å². The first-order chi connectivity index (χ1) is 16.6. The second kappa shape index (κ2) is 8.65. The lowest BCUT2D eigenvalue weighted by molar-refractivity contribution is -0.151. The first-order valence-electron chi connectivity index (χ1n) is 12.0. The summed E-state index contributed by atoms with van der Waals surface area (Å²) in [5.41, 5.74) is 0.674. The summed E-state index contributed by atoms with van der Waals surface area (Å²) in [6, 6.07) is 4.30. The van der Waals surface area contributed by atoms with Crippen LogP contribution >= 0.6 is 0 Å². The highest BCUT2D eigenvalue weighted by atomic mass is 19.1. The van der Waals surface area contributed by atoms with Crippen molar-refractivity contribution in [1.82, 2.24) is 20.2 Å². The van der Waals surface area contributed by atoms with Gasteiger partial charge in [0, 0.05) is 49.4 Å². The van der Waals surface area contributed by atoms with Crippen molar-refractivity contribution in [3.05, 3.63) is 53.4 Å². The van der Waals surface area contributed by atoms with E-state index in [1.54, 1.807) is 24.0 Å². The number of aryl methyl sites for hydroxylation is 1. The third-order valence-corrected chi connectivity index (χ3v) is 7.73. The number of aliphatic hydroxyl groups excluding tert-OH is 1. The van der Waals surface area contributed by atoms with E-state index in [1.165, 1.54) is 18.5 Å². The highest BCUT2D eigenvalue weighted by Crippen LogP contribution is 2.45. The largest absolute Gasteiger partial charge is 0.392 e. The number of carbonyl (C=O) groups is 1. The van der Waals surface area contributed by atoms with Gasteiger partial charge in [-0.15, -0.1) is 0 Å². The summed E-state index contributed by atoms with van der Waals surface area (Å²) in [4.78, 5) is 21.6. The van der Waals surface area contributed by atoms with Crippen LogP contribution in [0, 0.1) is 30.4 Å². The predicted octanol–water partition coefficient (Wildman–Crippen LogP) is 2.84. The maximum atomic E-state index is 15.7. The van der Waals surface area contributed by atoms with Crippen LogP contribution in [0.15, 0.2) is 30.6 Å². The Morgan fingerprint density at radius 3 is 2.54 bits per heavy atom. The summed E-state index contributed by atoms with van der Waals surface area (Å²) in [6.07, 6.45) is 2.58. The molecule has 1 amide bonds. The molecule has 9 heteroatoms. The number of halogens is 2. The van der Waals surface area contributed by atoms with Crippen molar-refractivity contribution in [3.63, 3.8) is 0 Å². The molecule has 35 heavy (non-hydrogen) atoms. The van der Waals surface area contributed by atoms with Gasteiger partial charge in [0.15, 0.2) is 5.82 Å². The van der Waals surface area contributed by atoms with Gasteiger partial charge in [0.1, 0.15) is 17.1 Å². The van der Waals surface area contributed by atoms with E-state index in [9.17, 15) is 19.4 Å². The lowest BCUT2D eigenvalue weighted by Crippen LogP contribution is -2.58. The van der Waals surface area contributed by atoms with E-state index in [4.69, 9.17) is 0 Å². The number of benzene rings is 1. The minimum absolute atomic E-state index is 0.106. The molecule has 2 aromatic heterocycles. The van der Waals surface area contributed by atoms with Gasteiger partial charge in [-0.25, -0.2) is 13.8 Å². The van der Waals surface area contributed by atoms with Crippen molar-refractivity contribution in [1.29, 1.82) is 0 Å². The second-order valence-corrected chi connectivity index (χ2v) is 10.1. The highest BCUT2D eigenvalue weighted by molar-refractivity contribution is 5.93. The Balaban J connectivity index is 1.48. The van der Waals surface area contributed by atoms with Crippen LogP contribution in [-0.2, 0) is 10.4 Å². The van der Waals surface area contributed by atoms with E-state index in [0.29, 0.717) is 35.3 Å². The van der Waals surface area contributed by atoms with Crippen LogP contribution in [0.4, 0.5) is 8.78 Å². The van der Waals surface area contributed by atoms with Crippen molar-refractivity contribution in [2.24, 2.45) is 11.8 Å². The number of β-amino-alcohol motifs (C(OH)–C–C–N with tert-alkyl or cyclic N) is 1. The summed E-state index contributed by atoms with van der Waals surface area (Å²) in [5, 5.41) is 25.0. The van der Waals surface area contributed by atoms with Crippen LogP contribution in [0.2, 0.25) is 0 Å². The summed E-state index contributed by atoms with van der Waals surface area (Å²) in [7, 11) is 0. The first kappa shape index (κ1) is 23.8. The Kier molecular flexibility index (Phi) is 5.89. The molecule has 2 fully saturated rings. The van der Waals surface area contributed by atoms with E-state index in [-0.39, 0.29) is 29.9 Å². The molecule has 5 atom stereocenters. The Bertz CT molecular complexity index is 1260. The van der Waals surface area contributed by atoms with Gasteiger partial charge >= 0.3 is 0 Å². The zero-order chi connectivity index (χ0) is 25.1. The molecule has 0 radical (unpaired) electrons. The number of pyridine rings is 1. The number of carbonyl (C=O) groups excluding carboxylic acids is 1. The van der Waals surface area contributed by atoms with Crippen LogP contribution in [0.5, 0.6) is 0 Å². The first-order valence-corrected chi connectivity index (χ1v) is 12.0. The maximum Gasteiger partial charge on any atom is 0.239 e. The number of amides is 1. The molecule has 186 valence electrons. The van der Waals surface area contributed by atoms with Gasteiger partial charge in [-0.1, -0.05) is 19.9 Å². The molecule has 0 aliphatic carbocycles. The highest BCUT2D eigenvalue weighted by Gasteiger charge is 2.49. The van der Waals surface area contributed by atoms with Crippen LogP contribution in [-0.4, -0.2) is 62.8 Å². The molecule has 0 spiro atoms. The number of H-pyrrole nitrogens is 1. The van der Waals surface area contributed by atoms with Crippen LogP contribution < -0.4 is 5.32 Å². The summed E-state index contributed by atoms with van der Waals surface area (Å²) >= 11 is 0. The van der Waals surface area contributed by atoms with Crippen molar-refractivity contribution < 1.29 is 23.8 Å². The number of aromatic nitrogens is 2. The van der Waals surface area contributed by atoms with Crippen molar-refractivity contribution in [3.8, 4) is 11.1 Å². The predicted molar refractivity (Wildman–Crippen MR) is 127 cm³/mol. The van der Waals surface area contributed by atoms with Gasteiger partial charge in [0.2, 0.25) is 5.91 Å². The third kappa shape index (κ3) is 3.82. The molecule has 2 saturated heterocycles. The van der Waals surface area contributed by atoms with E-state index in [0.717, 1.165) is 0 Å². The SMILES string of the molecule is Cc1cc(-c2ccnc3[nH]cc(F)c23)cc(F)c1[C@@]1(O)[C@H](C)CN(C(=O)[C@@H]2C[C@H](O)CN2)C[C@@H]1C. The molecular formula is C26H30F2N4O3. The number of hydrogen-bond donors (Lipinski definition) is 4. The van der Waals surface area contributed by atoms with Gasteiger partial charge in [0.05, 0.1) is 17.5 Å². The van der Waals surface area contributed by atoms with E-state index < -0.39 is 41.2 Å². The fourth-order valence-corrected chi connectivity index (χ4v) is 5.96. The molecule has 0 saturated carbocycles. The molecule has 1 aromatic carbocycles. The molecule has 0 unspecified atom stereocenters. The summed E-state index contributed by atoms with van der Waals surface area (Å²) in [5.74, 6) is -2.01. The quantitative estimate of drug-likeness (QED) is 0.458. The fraction of sp³-hybridized carbons (Fsp3) is 0.462. The number of rotatable bonds is 3. The van der Waals surface area contributed by atoms with Crippen molar-refractivity contribution in [2.45, 2.75) is 44.9 Å². The Morgan fingerprint density at radius 1 is 1.20 bits per heavy atom. The molecule has 2 aliphatic rings. The number of nitrogens with one attached hydrogen (secondary N) is 2. The topological polar surface area (TPSA) is 101 Å². The lowest BCUT2D eigenvalue weighted by Gasteiger charge is -2.49. The minimum Gasteiger partial charge on any atom is -0.392 e. The second-order valence-electron chi connectivity index (χ2n) is 10.1. The zero-order valence-corrected chi connectivity index (χ0v) is 20.0. The van der Waals surface area contributed by atoms with E-state index in [2.05, 4.69) is 15.3 Å². The number of hydrogen-bond acceptors (Lipinski definition) is 5. The molecule has 0 bridgehead atoms. The average Bonchev–Trinajstić information content (AvgIpc) is 3.42. The monoisotopic (exact) mass is 484 g/mol. The molecule has 3 aromatic rings. The number of fused-ring (bicyclic) bond motifs is 1. The number of piperidine rings is 1. The Morgan fingerprint density at radius 2 is 1.91 bits per heavy atom. The zero-order valence-electron chi connectivity index (χ0n) is 20.0. The Hall–Kier alpha value is -2.88. The van der Waals surface area contributed by atoms with E-state index >= 15 is 4.39 Å². The number of aliphatic hydroxyl groups is 2.